The highest BCUT2D eigenvalue weighted by atomic mass is 16.5. The molecule has 0 aromatic heterocycles. The lowest BCUT2D eigenvalue weighted by molar-refractivity contribution is 0.246. The van der Waals surface area contributed by atoms with Gasteiger partial charge in [0.15, 0.2) is 0 Å². The highest BCUT2D eigenvalue weighted by Crippen LogP contribution is 2.50. The minimum Gasteiger partial charge on any atom is -0.496 e. The van der Waals surface area contributed by atoms with E-state index in [0.29, 0.717) is 6.04 Å². The monoisotopic (exact) mass is 274 g/mol. The van der Waals surface area contributed by atoms with Gasteiger partial charge in [-0.2, -0.15) is 0 Å². The second-order valence-corrected chi connectivity index (χ2v) is 6.63. The van der Waals surface area contributed by atoms with Crippen LogP contribution in [0.1, 0.15) is 36.8 Å². The zero-order chi connectivity index (χ0) is 14.1. The largest absolute Gasteiger partial charge is 0.496 e. The van der Waals surface area contributed by atoms with Gasteiger partial charge in [0.1, 0.15) is 5.75 Å². The summed E-state index contributed by atoms with van der Waals surface area (Å²) >= 11 is 0. The summed E-state index contributed by atoms with van der Waals surface area (Å²) in [5.41, 5.74) is 5.65. The predicted octanol–water partition coefficient (Wildman–Crippen LogP) is 2.81. The molecule has 3 N–H and O–H groups in total. The molecule has 3 heteroatoms. The van der Waals surface area contributed by atoms with Gasteiger partial charge in [0, 0.05) is 6.04 Å². The summed E-state index contributed by atoms with van der Waals surface area (Å²) in [6, 6.07) is 6.78. The summed E-state index contributed by atoms with van der Waals surface area (Å²) in [4.78, 5) is 0. The average Bonchev–Trinajstić information content (AvgIpc) is 3.07. The molecule has 0 heterocycles. The average molecular weight is 274 g/mol. The van der Waals surface area contributed by atoms with Crippen molar-refractivity contribution in [2.75, 3.05) is 7.11 Å². The molecule has 4 unspecified atom stereocenters. The van der Waals surface area contributed by atoms with E-state index in [-0.39, 0.29) is 0 Å². The molecule has 2 aliphatic carbocycles. The maximum Gasteiger partial charge on any atom is 0.122 e. The third-order valence-corrected chi connectivity index (χ3v) is 5.40. The van der Waals surface area contributed by atoms with Gasteiger partial charge in [-0.1, -0.05) is 24.1 Å². The summed E-state index contributed by atoms with van der Waals surface area (Å²) in [7, 11) is 1.75. The number of methoxy groups -OCH3 is 1. The van der Waals surface area contributed by atoms with E-state index in [1.54, 1.807) is 7.11 Å². The Bertz CT molecular complexity index is 474. The Kier molecular flexibility index (Phi) is 3.99. The number of aryl methyl sites for hydroxylation is 1. The second kappa shape index (κ2) is 5.74. The van der Waals surface area contributed by atoms with Crippen LogP contribution in [0.2, 0.25) is 0 Å². The van der Waals surface area contributed by atoms with Crippen molar-refractivity contribution in [3.63, 3.8) is 0 Å². The maximum atomic E-state index is 5.87. The number of benzene rings is 1. The van der Waals surface area contributed by atoms with Gasteiger partial charge in [-0.3, -0.25) is 11.3 Å². The van der Waals surface area contributed by atoms with Crippen LogP contribution in [0.15, 0.2) is 18.2 Å². The van der Waals surface area contributed by atoms with Crippen LogP contribution in [0.5, 0.6) is 5.75 Å². The molecule has 3 rings (SSSR count). The van der Waals surface area contributed by atoms with E-state index in [0.717, 1.165) is 29.9 Å². The highest BCUT2D eigenvalue weighted by molar-refractivity contribution is 5.37. The molecular formula is C17H26N2O. The van der Waals surface area contributed by atoms with E-state index >= 15 is 0 Å². The van der Waals surface area contributed by atoms with Crippen LogP contribution < -0.4 is 16.0 Å². The van der Waals surface area contributed by atoms with Crippen molar-refractivity contribution in [2.45, 2.75) is 45.1 Å². The molecule has 3 nitrogen and oxygen atoms in total. The molecule has 0 radical (unpaired) electrons. The summed E-state index contributed by atoms with van der Waals surface area (Å²) < 4.78 is 5.50. The van der Waals surface area contributed by atoms with Crippen LogP contribution in [0.25, 0.3) is 0 Å². The van der Waals surface area contributed by atoms with E-state index in [1.165, 1.54) is 36.8 Å². The Morgan fingerprint density at radius 2 is 2.20 bits per heavy atom. The van der Waals surface area contributed by atoms with Gasteiger partial charge in [0.05, 0.1) is 7.11 Å². The van der Waals surface area contributed by atoms with Crippen molar-refractivity contribution in [1.29, 1.82) is 0 Å². The quantitative estimate of drug-likeness (QED) is 0.641. The van der Waals surface area contributed by atoms with Crippen molar-refractivity contribution in [3.05, 3.63) is 29.3 Å². The molecule has 0 amide bonds. The lowest BCUT2D eigenvalue weighted by atomic mass is 9.81. The highest BCUT2D eigenvalue weighted by Gasteiger charge is 2.42. The maximum absolute atomic E-state index is 5.87. The minimum atomic E-state index is 0.376. The molecule has 2 fully saturated rings. The molecule has 4 atom stereocenters. The molecule has 2 saturated carbocycles. The normalized spacial score (nSPS) is 29.6. The van der Waals surface area contributed by atoms with Crippen LogP contribution in [0, 0.1) is 24.7 Å². The first-order valence-corrected chi connectivity index (χ1v) is 7.81. The molecule has 110 valence electrons. The Morgan fingerprint density at radius 3 is 2.80 bits per heavy atom. The first-order valence-electron chi connectivity index (χ1n) is 7.81. The number of hydrogen-bond acceptors (Lipinski definition) is 3. The molecule has 1 aromatic carbocycles. The summed E-state index contributed by atoms with van der Waals surface area (Å²) in [5.74, 6) is 9.44. The number of rotatable bonds is 5. The van der Waals surface area contributed by atoms with Gasteiger partial charge in [-0.05, 0) is 62.0 Å². The molecule has 2 bridgehead atoms. The lowest BCUT2D eigenvalue weighted by Gasteiger charge is -2.30. The Balaban J connectivity index is 1.76. The third-order valence-electron chi connectivity index (χ3n) is 5.40. The van der Waals surface area contributed by atoms with Crippen LogP contribution in [-0.4, -0.2) is 13.2 Å². The van der Waals surface area contributed by atoms with Crippen LogP contribution >= 0.6 is 0 Å². The van der Waals surface area contributed by atoms with E-state index in [9.17, 15) is 0 Å². The van der Waals surface area contributed by atoms with Gasteiger partial charge in [0.2, 0.25) is 0 Å². The summed E-state index contributed by atoms with van der Waals surface area (Å²) in [6.07, 6.45) is 6.58. The van der Waals surface area contributed by atoms with Gasteiger partial charge >= 0.3 is 0 Å². The topological polar surface area (TPSA) is 47.3 Å². The predicted molar refractivity (Wildman–Crippen MR) is 81.5 cm³/mol. The smallest absolute Gasteiger partial charge is 0.122 e. The van der Waals surface area contributed by atoms with Crippen molar-refractivity contribution in [3.8, 4) is 5.75 Å². The zero-order valence-corrected chi connectivity index (χ0v) is 12.6. The standard InChI is InChI=1S/C17H26N2O/c1-11-3-6-17(20-2)14(7-11)10-16(19-18)15-9-12-4-5-13(15)8-12/h3,6-7,12-13,15-16,19H,4-5,8-10,18H2,1-2H3. The van der Waals surface area contributed by atoms with Crippen molar-refractivity contribution >= 4 is 0 Å². The second-order valence-electron chi connectivity index (χ2n) is 6.63. The first-order chi connectivity index (χ1) is 9.71. The summed E-state index contributed by atoms with van der Waals surface area (Å²) in [6.45, 7) is 2.13. The van der Waals surface area contributed by atoms with Gasteiger partial charge in [-0.25, -0.2) is 0 Å². The fourth-order valence-corrected chi connectivity index (χ4v) is 4.42. The Labute approximate surface area is 121 Å². The van der Waals surface area contributed by atoms with Crippen LogP contribution in [0.3, 0.4) is 0 Å². The van der Waals surface area contributed by atoms with E-state index in [4.69, 9.17) is 10.6 Å². The molecule has 2 aliphatic rings. The van der Waals surface area contributed by atoms with Gasteiger partial charge in [-0.15, -0.1) is 0 Å². The van der Waals surface area contributed by atoms with Crippen molar-refractivity contribution in [1.82, 2.24) is 5.43 Å². The number of hydrogen-bond donors (Lipinski definition) is 2. The Morgan fingerprint density at radius 1 is 1.35 bits per heavy atom. The molecular weight excluding hydrogens is 248 g/mol. The fourth-order valence-electron chi connectivity index (χ4n) is 4.42. The number of nitrogens with two attached hydrogens (primary N) is 1. The molecule has 0 aliphatic heterocycles. The molecule has 0 spiro atoms. The summed E-state index contributed by atoms with van der Waals surface area (Å²) in [5, 5.41) is 0. The SMILES string of the molecule is COc1ccc(C)cc1CC(NN)C1CC2CCC1C2. The van der Waals surface area contributed by atoms with Gasteiger partial charge < -0.3 is 4.74 Å². The molecule has 1 aromatic rings. The number of hydrazine groups is 1. The number of ether oxygens (including phenoxy) is 1. The fraction of sp³-hybridized carbons (Fsp3) is 0.647. The number of nitrogens with one attached hydrogen (secondary N) is 1. The van der Waals surface area contributed by atoms with E-state index in [1.807, 2.05) is 0 Å². The number of fused-ring (bicyclic) bond motifs is 2. The van der Waals surface area contributed by atoms with Crippen molar-refractivity contribution in [2.24, 2.45) is 23.6 Å². The third kappa shape index (κ3) is 2.57. The molecule has 0 saturated heterocycles. The zero-order valence-electron chi connectivity index (χ0n) is 12.6. The van der Waals surface area contributed by atoms with E-state index < -0.39 is 0 Å². The Hall–Kier alpha value is -1.06. The molecule has 20 heavy (non-hydrogen) atoms. The first kappa shape index (κ1) is 13.9. The lowest BCUT2D eigenvalue weighted by Crippen LogP contribution is -2.44. The van der Waals surface area contributed by atoms with Gasteiger partial charge in [0.25, 0.3) is 0 Å². The van der Waals surface area contributed by atoms with E-state index in [2.05, 4.69) is 30.5 Å². The van der Waals surface area contributed by atoms with Crippen LogP contribution in [0.4, 0.5) is 0 Å². The van der Waals surface area contributed by atoms with Crippen molar-refractivity contribution < 1.29 is 4.74 Å². The minimum absolute atomic E-state index is 0.376. The van der Waals surface area contributed by atoms with Crippen LogP contribution in [-0.2, 0) is 6.42 Å².